The second-order valence-corrected chi connectivity index (χ2v) is 6.07. The summed E-state index contributed by atoms with van der Waals surface area (Å²) in [5.74, 6) is 0. The summed E-state index contributed by atoms with van der Waals surface area (Å²) in [5.41, 5.74) is 2.55. The normalized spacial score (nSPS) is 15.0. The SMILES string of the molecule is CS(=O)ON=C(c1ccc2c(c1)Cc1ccccc1-2)C(F)(F)F. The molecule has 0 saturated heterocycles. The lowest BCUT2D eigenvalue weighted by Gasteiger charge is -2.11. The molecule has 7 heteroatoms. The molecular weight excluding hydrogens is 327 g/mol. The van der Waals surface area contributed by atoms with Gasteiger partial charge < -0.3 is 0 Å². The van der Waals surface area contributed by atoms with Gasteiger partial charge in [-0.05, 0) is 34.7 Å². The molecule has 0 heterocycles. The van der Waals surface area contributed by atoms with E-state index < -0.39 is 23.0 Å². The van der Waals surface area contributed by atoms with Crippen molar-refractivity contribution in [3.8, 4) is 11.1 Å². The minimum Gasteiger partial charge on any atom is -0.292 e. The number of alkyl halides is 3. The van der Waals surface area contributed by atoms with E-state index >= 15 is 0 Å². The highest BCUT2D eigenvalue weighted by Gasteiger charge is 2.38. The largest absolute Gasteiger partial charge is 0.437 e. The van der Waals surface area contributed by atoms with E-state index in [0.29, 0.717) is 6.42 Å². The summed E-state index contributed by atoms with van der Waals surface area (Å²) in [7, 11) is 0. The molecule has 0 N–H and O–H groups in total. The molecule has 1 atom stereocenters. The first-order chi connectivity index (χ1) is 10.9. The van der Waals surface area contributed by atoms with Crippen LogP contribution in [-0.4, -0.2) is 22.4 Å². The number of rotatable bonds is 3. The van der Waals surface area contributed by atoms with Crippen molar-refractivity contribution in [1.29, 1.82) is 0 Å². The first-order valence-electron chi connectivity index (χ1n) is 6.74. The number of halogens is 3. The predicted molar refractivity (Wildman–Crippen MR) is 82.4 cm³/mol. The Balaban J connectivity index is 2.03. The molecule has 2 aromatic rings. The summed E-state index contributed by atoms with van der Waals surface area (Å²) < 4.78 is 54.6. The maximum absolute atomic E-state index is 13.2. The number of benzene rings is 2. The Labute approximate surface area is 133 Å². The minimum absolute atomic E-state index is 0.102. The van der Waals surface area contributed by atoms with E-state index in [1.807, 2.05) is 24.3 Å². The van der Waals surface area contributed by atoms with E-state index in [1.165, 1.54) is 12.1 Å². The number of hydrogen-bond donors (Lipinski definition) is 0. The number of oxime groups is 1. The van der Waals surface area contributed by atoms with Crippen molar-refractivity contribution in [3.05, 3.63) is 59.2 Å². The van der Waals surface area contributed by atoms with Crippen LogP contribution >= 0.6 is 0 Å². The second-order valence-electron chi connectivity index (χ2n) is 5.12. The molecule has 0 fully saturated rings. The van der Waals surface area contributed by atoms with Crippen molar-refractivity contribution in [1.82, 2.24) is 0 Å². The number of hydrogen-bond acceptors (Lipinski definition) is 3. The van der Waals surface area contributed by atoms with Crippen molar-refractivity contribution in [3.63, 3.8) is 0 Å². The summed E-state index contributed by atoms with van der Waals surface area (Å²) in [5, 5.41) is 3.03. The minimum atomic E-state index is -4.70. The van der Waals surface area contributed by atoms with Gasteiger partial charge >= 0.3 is 6.18 Å². The van der Waals surface area contributed by atoms with Crippen LogP contribution in [0, 0.1) is 0 Å². The number of nitrogens with zero attached hydrogens (tertiary/aromatic N) is 1. The van der Waals surface area contributed by atoms with Crippen LogP contribution < -0.4 is 0 Å². The van der Waals surface area contributed by atoms with Gasteiger partial charge in [0.25, 0.3) is 0 Å². The monoisotopic (exact) mass is 339 g/mol. The van der Waals surface area contributed by atoms with Gasteiger partial charge in [0.05, 0.1) is 6.26 Å². The molecule has 23 heavy (non-hydrogen) atoms. The Kier molecular flexibility index (Phi) is 3.97. The zero-order valence-corrected chi connectivity index (χ0v) is 12.9. The predicted octanol–water partition coefficient (Wildman–Crippen LogP) is 3.83. The molecule has 120 valence electrons. The summed E-state index contributed by atoms with van der Waals surface area (Å²) in [6.45, 7) is 0. The maximum Gasteiger partial charge on any atom is 0.437 e. The zero-order valence-electron chi connectivity index (χ0n) is 12.1. The topological polar surface area (TPSA) is 38.7 Å². The van der Waals surface area contributed by atoms with Crippen LogP contribution in [0.15, 0.2) is 47.6 Å². The Hall–Kier alpha value is -2.15. The van der Waals surface area contributed by atoms with E-state index in [4.69, 9.17) is 0 Å². The Morgan fingerprint density at radius 1 is 1.13 bits per heavy atom. The van der Waals surface area contributed by atoms with Gasteiger partial charge in [-0.2, -0.15) is 13.2 Å². The van der Waals surface area contributed by atoms with Crippen molar-refractivity contribution in [2.75, 3.05) is 6.26 Å². The third-order valence-corrected chi connectivity index (χ3v) is 3.85. The van der Waals surface area contributed by atoms with Crippen LogP contribution in [0.1, 0.15) is 16.7 Å². The third kappa shape index (κ3) is 3.14. The fourth-order valence-corrected chi connectivity index (χ4v) is 2.83. The highest BCUT2D eigenvalue weighted by molar-refractivity contribution is 7.79. The molecule has 0 aliphatic heterocycles. The molecule has 3 nitrogen and oxygen atoms in total. The molecule has 0 saturated carbocycles. The molecule has 0 aromatic heterocycles. The Morgan fingerprint density at radius 3 is 2.52 bits per heavy atom. The molecule has 0 radical (unpaired) electrons. The van der Waals surface area contributed by atoms with Gasteiger partial charge in [0.15, 0.2) is 5.71 Å². The molecule has 1 aliphatic rings. The van der Waals surface area contributed by atoms with Gasteiger partial charge in [0, 0.05) is 5.56 Å². The Bertz CT molecular complexity index is 815. The average Bonchev–Trinajstić information content (AvgIpc) is 2.83. The summed E-state index contributed by atoms with van der Waals surface area (Å²) in [6.07, 6.45) is -3.01. The zero-order chi connectivity index (χ0) is 16.6. The van der Waals surface area contributed by atoms with Crippen molar-refractivity contribution >= 4 is 16.8 Å². The van der Waals surface area contributed by atoms with E-state index in [-0.39, 0.29) is 5.56 Å². The van der Waals surface area contributed by atoms with Crippen LogP contribution in [0.4, 0.5) is 13.2 Å². The molecule has 0 amide bonds. The van der Waals surface area contributed by atoms with Gasteiger partial charge in [-0.1, -0.05) is 41.6 Å². The average molecular weight is 339 g/mol. The highest BCUT2D eigenvalue weighted by Crippen LogP contribution is 2.37. The van der Waals surface area contributed by atoms with Crippen LogP contribution in [0.25, 0.3) is 11.1 Å². The molecule has 0 bridgehead atoms. The van der Waals surface area contributed by atoms with Crippen molar-refractivity contribution < 1.29 is 21.7 Å². The molecule has 1 unspecified atom stereocenters. The molecule has 2 aromatic carbocycles. The summed E-state index contributed by atoms with van der Waals surface area (Å²) in [6, 6.07) is 12.2. The van der Waals surface area contributed by atoms with Crippen LogP contribution in [0.3, 0.4) is 0 Å². The lowest BCUT2D eigenvalue weighted by molar-refractivity contribution is -0.0596. The molecule has 1 aliphatic carbocycles. The van der Waals surface area contributed by atoms with Gasteiger partial charge in [-0.3, -0.25) is 4.28 Å². The summed E-state index contributed by atoms with van der Waals surface area (Å²) in [4.78, 5) is 0. The highest BCUT2D eigenvalue weighted by atomic mass is 32.2. The second kappa shape index (κ2) is 5.81. The van der Waals surface area contributed by atoms with Gasteiger partial charge in [0.2, 0.25) is 11.1 Å². The van der Waals surface area contributed by atoms with E-state index in [9.17, 15) is 17.4 Å². The summed E-state index contributed by atoms with van der Waals surface area (Å²) >= 11 is -1.91. The van der Waals surface area contributed by atoms with Crippen LogP contribution in [0.2, 0.25) is 0 Å². The van der Waals surface area contributed by atoms with Crippen LogP contribution in [0.5, 0.6) is 0 Å². The lowest BCUT2D eigenvalue weighted by atomic mass is 10.0. The third-order valence-electron chi connectivity index (χ3n) is 3.57. The smallest absolute Gasteiger partial charge is 0.292 e. The van der Waals surface area contributed by atoms with Gasteiger partial charge in [-0.25, -0.2) is 4.21 Å². The first kappa shape index (κ1) is 15.7. The molecule has 3 rings (SSSR count). The molecular formula is C16H12F3NO2S. The van der Waals surface area contributed by atoms with E-state index in [1.54, 1.807) is 6.07 Å². The van der Waals surface area contributed by atoms with Gasteiger partial charge in [-0.15, -0.1) is 0 Å². The molecule has 0 spiro atoms. The maximum atomic E-state index is 13.2. The van der Waals surface area contributed by atoms with E-state index in [0.717, 1.165) is 28.5 Å². The van der Waals surface area contributed by atoms with E-state index in [2.05, 4.69) is 9.44 Å². The Morgan fingerprint density at radius 2 is 1.83 bits per heavy atom. The standard InChI is InChI=1S/C16H12F3NO2S/c1-23(21)22-20-15(16(17,18)19)11-6-7-14-12(9-11)8-10-4-2-3-5-13(10)14/h2-7,9H,8H2,1H3. The lowest BCUT2D eigenvalue weighted by Crippen LogP contribution is -2.24. The van der Waals surface area contributed by atoms with Crippen molar-refractivity contribution in [2.24, 2.45) is 5.16 Å². The first-order valence-corrected chi connectivity index (χ1v) is 8.22. The van der Waals surface area contributed by atoms with Crippen molar-refractivity contribution in [2.45, 2.75) is 12.6 Å². The number of fused-ring (bicyclic) bond motifs is 3. The van der Waals surface area contributed by atoms with Gasteiger partial charge in [0.1, 0.15) is 0 Å². The quantitative estimate of drug-likeness (QED) is 0.537. The van der Waals surface area contributed by atoms with Crippen LogP contribution in [-0.2, 0) is 21.8 Å². The fourth-order valence-electron chi connectivity index (χ4n) is 2.65. The fraction of sp³-hybridized carbons (Fsp3) is 0.188.